The Morgan fingerprint density at radius 1 is 1.20 bits per heavy atom. The largest absolute Gasteiger partial charge is 0.486 e. The van der Waals surface area contributed by atoms with Crippen molar-refractivity contribution in [3.8, 4) is 17.2 Å². The van der Waals surface area contributed by atoms with Gasteiger partial charge in [-0.2, -0.15) is 8.78 Å². The monoisotopic (exact) mass is 505 g/mol. The van der Waals surface area contributed by atoms with Crippen LogP contribution in [-0.4, -0.2) is 40.6 Å². The molecule has 0 N–H and O–H groups in total. The number of carbonyl (C=O) groups excluding carboxylic acids is 1. The van der Waals surface area contributed by atoms with E-state index in [4.69, 9.17) is 30.5 Å². The van der Waals surface area contributed by atoms with Gasteiger partial charge in [0, 0.05) is 23.1 Å². The number of benzene rings is 2. The molecule has 0 aliphatic carbocycles. The summed E-state index contributed by atoms with van der Waals surface area (Å²) in [6.45, 7) is 3.31. The maximum atomic E-state index is 14.6. The molecule has 3 heterocycles. The first-order chi connectivity index (χ1) is 16.8. The van der Waals surface area contributed by atoms with Gasteiger partial charge in [-0.15, -0.1) is 10.2 Å². The number of esters is 1. The third kappa shape index (κ3) is 4.32. The summed E-state index contributed by atoms with van der Waals surface area (Å²) >= 11 is 6.34. The Hall–Kier alpha value is -3.24. The molecule has 5 rings (SSSR count). The highest BCUT2D eigenvalue weighted by Gasteiger charge is 2.41. The summed E-state index contributed by atoms with van der Waals surface area (Å²) in [5, 5.41) is 8.16. The molecule has 0 fully saturated rings. The molecule has 0 spiro atoms. The fraction of sp³-hybridized carbons (Fsp3) is 0.375. The number of aromatic nitrogens is 3. The van der Waals surface area contributed by atoms with E-state index in [1.54, 1.807) is 43.3 Å². The van der Waals surface area contributed by atoms with Crippen molar-refractivity contribution >= 4 is 17.6 Å². The fourth-order valence-electron chi connectivity index (χ4n) is 4.32. The van der Waals surface area contributed by atoms with Gasteiger partial charge in [0.2, 0.25) is 5.82 Å². The number of ether oxygens (including phenoxy) is 4. The van der Waals surface area contributed by atoms with Crippen molar-refractivity contribution < 1.29 is 32.5 Å². The van der Waals surface area contributed by atoms with Crippen LogP contribution in [0.5, 0.6) is 11.5 Å². The lowest BCUT2D eigenvalue weighted by Gasteiger charge is -2.27. The quantitative estimate of drug-likeness (QED) is 0.455. The first-order valence-corrected chi connectivity index (χ1v) is 11.5. The number of alkyl halides is 2. The molecule has 0 unspecified atom stereocenters. The summed E-state index contributed by atoms with van der Waals surface area (Å²) in [5.41, 5.74) is 1.44. The molecule has 2 aliphatic heterocycles. The molecule has 2 aliphatic rings. The third-order valence-electron chi connectivity index (χ3n) is 5.72. The Labute approximate surface area is 204 Å². The Balaban J connectivity index is 1.74. The lowest BCUT2D eigenvalue weighted by molar-refractivity contribution is -0.147. The lowest BCUT2D eigenvalue weighted by Crippen LogP contribution is -2.20. The standard InChI is InChI=1S/C24H22ClF2N3O5/c1-3-32-19(31)12-18-22-28-29-23(24(2,26)27)30(22)16-8-7-13(25)11-15(16)20(35-18)14-5-4-6-17-21(14)34-10-9-33-17/h4-8,11,18,20H,3,9-10,12H2,1-2H3/t18-,20-/m1/s1. The second kappa shape index (κ2) is 9.09. The second-order valence-corrected chi connectivity index (χ2v) is 8.63. The molecular weight excluding hydrogens is 484 g/mol. The van der Waals surface area contributed by atoms with Gasteiger partial charge in [0.1, 0.15) is 25.4 Å². The number of carbonyl (C=O) groups is 1. The van der Waals surface area contributed by atoms with Gasteiger partial charge in [0.05, 0.1) is 18.7 Å². The molecule has 0 radical (unpaired) electrons. The molecule has 2 atom stereocenters. The van der Waals surface area contributed by atoms with Gasteiger partial charge < -0.3 is 18.9 Å². The summed E-state index contributed by atoms with van der Waals surface area (Å²) in [7, 11) is 0. The van der Waals surface area contributed by atoms with Gasteiger partial charge in [0.25, 0.3) is 0 Å². The van der Waals surface area contributed by atoms with Crippen molar-refractivity contribution in [3.63, 3.8) is 0 Å². The van der Waals surface area contributed by atoms with Crippen molar-refractivity contribution in [3.05, 3.63) is 64.2 Å². The van der Waals surface area contributed by atoms with E-state index in [9.17, 15) is 13.6 Å². The van der Waals surface area contributed by atoms with Crippen LogP contribution in [0.25, 0.3) is 5.69 Å². The van der Waals surface area contributed by atoms with Gasteiger partial charge in [-0.3, -0.25) is 9.36 Å². The number of hydrogen-bond acceptors (Lipinski definition) is 7. The molecule has 184 valence electrons. The maximum absolute atomic E-state index is 14.6. The van der Waals surface area contributed by atoms with E-state index in [2.05, 4.69) is 10.2 Å². The van der Waals surface area contributed by atoms with E-state index >= 15 is 0 Å². The predicted octanol–water partition coefficient (Wildman–Crippen LogP) is 4.92. The van der Waals surface area contributed by atoms with Crippen molar-refractivity contribution in [2.75, 3.05) is 19.8 Å². The summed E-state index contributed by atoms with van der Waals surface area (Å²) < 4.78 is 53.7. The zero-order valence-electron chi connectivity index (χ0n) is 19.0. The Morgan fingerprint density at radius 2 is 2.00 bits per heavy atom. The average Bonchev–Trinajstić information content (AvgIpc) is 3.23. The topological polar surface area (TPSA) is 84.7 Å². The van der Waals surface area contributed by atoms with Crippen LogP contribution < -0.4 is 9.47 Å². The zero-order valence-corrected chi connectivity index (χ0v) is 19.7. The number of fused-ring (bicyclic) bond motifs is 4. The molecule has 3 aromatic rings. The summed E-state index contributed by atoms with van der Waals surface area (Å²) in [6, 6.07) is 10.2. The van der Waals surface area contributed by atoms with E-state index < -0.39 is 29.9 Å². The fourth-order valence-corrected chi connectivity index (χ4v) is 4.50. The smallest absolute Gasteiger partial charge is 0.308 e. The van der Waals surface area contributed by atoms with E-state index in [0.29, 0.717) is 46.5 Å². The number of nitrogens with zero attached hydrogens (tertiary/aromatic N) is 3. The first kappa shape index (κ1) is 23.5. The predicted molar refractivity (Wildman–Crippen MR) is 120 cm³/mol. The molecule has 0 saturated carbocycles. The number of para-hydroxylation sites is 1. The Kier molecular flexibility index (Phi) is 6.10. The van der Waals surface area contributed by atoms with Crippen LogP contribution in [-0.2, 0) is 20.2 Å². The third-order valence-corrected chi connectivity index (χ3v) is 5.95. The Morgan fingerprint density at radius 3 is 2.77 bits per heavy atom. The van der Waals surface area contributed by atoms with Gasteiger partial charge in [0.15, 0.2) is 17.3 Å². The van der Waals surface area contributed by atoms with Gasteiger partial charge in [-0.05, 0) is 31.2 Å². The molecular formula is C24H22ClF2N3O5. The van der Waals surface area contributed by atoms with Gasteiger partial charge in [-0.25, -0.2) is 0 Å². The molecule has 1 aromatic heterocycles. The minimum absolute atomic E-state index is 0.0580. The van der Waals surface area contributed by atoms with Crippen molar-refractivity contribution in [2.45, 2.75) is 38.4 Å². The molecule has 0 amide bonds. The van der Waals surface area contributed by atoms with Gasteiger partial charge >= 0.3 is 11.9 Å². The summed E-state index contributed by atoms with van der Waals surface area (Å²) in [4.78, 5) is 12.5. The molecule has 11 heteroatoms. The van der Waals surface area contributed by atoms with E-state index in [0.717, 1.165) is 6.92 Å². The molecule has 8 nitrogen and oxygen atoms in total. The normalized spacial score (nSPS) is 18.9. The van der Waals surface area contributed by atoms with Crippen molar-refractivity contribution in [1.82, 2.24) is 14.8 Å². The maximum Gasteiger partial charge on any atom is 0.308 e. The summed E-state index contributed by atoms with van der Waals surface area (Å²) in [5.74, 6) is -3.39. The zero-order chi connectivity index (χ0) is 24.7. The van der Waals surface area contributed by atoms with E-state index in [1.165, 1.54) is 4.57 Å². The van der Waals surface area contributed by atoms with Gasteiger partial charge in [-0.1, -0.05) is 23.7 Å². The van der Waals surface area contributed by atoms with Crippen LogP contribution in [0.15, 0.2) is 36.4 Å². The highest BCUT2D eigenvalue weighted by Crippen LogP contribution is 2.47. The molecule has 35 heavy (non-hydrogen) atoms. The highest BCUT2D eigenvalue weighted by atomic mass is 35.5. The van der Waals surface area contributed by atoms with Crippen LogP contribution >= 0.6 is 11.6 Å². The number of halogens is 3. The Bertz CT molecular complexity index is 1280. The van der Waals surface area contributed by atoms with Crippen molar-refractivity contribution in [2.24, 2.45) is 0 Å². The minimum Gasteiger partial charge on any atom is -0.486 e. The highest BCUT2D eigenvalue weighted by molar-refractivity contribution is 6.30. The van der Waals surface area contributed by atoms with Crippen LogP contribution in [0, 0.1) is 0 Å². The van der Waals surface area contributed by atoms with Crippen LogP contribution in [0.4, 0.5) is 8.78 Å². The number of rotatable bonds is 5. The molecule has 0 saturated heterocycles. The van der Waals surface area contributed by atoms with Crippen LogP contribution in [0.2, 0.25) is 5.02 Å². The van der Waals surface area contributed by atoms with Crippen molar-refractivity contribution in [1.29, 1.82) is 0 Å². The first-order valence-electron chi connectivity index (χ1n) is 11.1. The minimum atomic E-state index is -3.32. The van der Waals surface area contributed by atoms with E-state index in [1.807, 2.05) is 0 Å². The summed E-state index contributed by atoms with van der Waals surface area (Å²) in [6.07, 6.45) is -2.15. The van der Waals surface area contributed by atoms with Crippen LogP contribution in [0.3, 0.4) is 0 Å². The second-order valence-electron chi connectivity index (χ2n) is 8.19. The molecule has 0 bridgehead atoms. The molecule has 2 aromatic carbocycles. The SMILES string of the molecule is CCOC(=O)C[C@H]1O[C@H](c2cccc3c2OCCO3)c2cc(Cl)ccc2-n2c1nnc2C(C)(F)F. The number of hydrogen-bond donors (Lipinski definition) is 0. The van der Waals surface area contributed by atoms with Crippen LogP contribution in [0.1, 0.15) is 55.3 Å². The lowest BCUT2D eigenvalue weighted by atomic mass is 9.98. The average molecular weight is 506 g/mol. The van der Waals surface area contributed by atoms with E-state index in [-0.39, 0.29) is 18.9 Å².